The third-order valence-electron chi connectivity index (χ3n) is 2.56. The average Bonchev–Trinajstić information content (AvgIpc) is 2.17. The zero-order valence-corrected chi connectivity index (χ0v) is 11.2. The van der Waals surface area contributed by atoms with E-state index in [1.165, 1.54) is 11.3 Å². The van der Waals surface area contributed by atoms with Crippen LogP contribution in [0.4, 0.5) is 5.69 Å². The molecule has 1 rings (SSSR count). The Morgan fingerprint density at radius 2 is 2.13 bits per heavy atom. The first-order chi connectivity index (χ1) is 7.04. The fraction of sp³-hybridized carbons (Fsp3) is 0.500. The molecule has 0 amide bonds. The molecule has 15 heavy (non-hydrogen) atoms. The summed E-state index contributed by atoms with van der Waals surface area (Å²) >= 11 is 3.47. The number of anilines is 1. The Kier molecular flexibility index (Phi) is 4.61. The van der Waals surface area contributed by atoms with Crippen molar-refractivity contribution < 1.29 is 0 Å². The number of aryl methyl sites for hydroxylation is 1. The Bertz CT molecular complexity index is 325. The SMILES string of the molecule is Cc1cc(Br)ccc1N(C)CC(C)CN. The standard InChI is InChI=1S/C12H19BrN2/c1-9(7-14)8-15(3)12-5-4-11(13)6-10(12)2/h4-6,9H,7-8,14H2,1-3H3. The van der Waals surface area contributed by atoms with Gasteiger partial charge in [0, 0.05) is 23.8 Å². The predicted octanol–water partition coefficient (Wildman–Crippen LogP) is 2.79. The molecular weight excluding hydrogens is 252 g/mol. The normalized spacial score (nSPS) is 12.6. The number of hydrogen-bond acceptors (Lipinski definition) is 2. The molecule has 0 aliphatic rings. The van der Waals surface area contributed by atoms with E-state index in [4.69, 9.17) is 5.73 Å². The number of hydrogen-bond donors (Lipinski definition) is 1. The van der Waals surface area contributed by atoms with Gasteiger partial charge in [-0.15, -0.1) is 0 Å². The zero-order chi connectivity index (χ0) is 11.4. The van der Waals surface area contributed by atoms with Gasteiger partial charge in [0.2, 0.25) is 0 Å². The molecule has 1 aromatic rings. The molecule has 0 fully saturated rings. The van der Waals surface area contributed by atoms with E-state index in [1.54, 1.807) is 0 Å². The molecule has 0 saturated carbocycles. The summed E-state index contributed by atoms with van der Waals surface area (Å²) in [6, 6.07) is 6.35. The maximum atomic E-state index is 5.63. The lowest BCUT2D eigenvalue weighted by Gasteiger charge is -2.24. The first-order valence-electron chi connectivity index (χ1n) is 5.22. The van der Waals surface area contributed by atoms with Crippen LogP contribution in [0, 0.1) is 12.8 Å². The van der Waals surface area contributed by atoms with Crippen LogP contribution in [-0.2, 0) is 0 Å². The third-order valence-corrected chi connectivity index (χ3v) is 3.05. The molecule has 0 aliphatic carbocycles. The summed E-state index contributed by atoms with van der Waals surface area (Å²) in [6.45, 7) is 6.04. The van der Waals surface area contributed by atoms with Crippen LogP contribution in [0.5, 0.6) is 0 Å². The molecule has 0 bridgehead atoms. The summed E-state index contributed by atoms with van der Waals surface area (Å²) in [5.41, 5.74) is 8.19. The fourth-order valence-corrected chi connectivity index (χ4v) is 2.16. The molecule has 2 N–H and O–H groups in total. The van der Waals surface area contributed by atoms with Crippen molar-refractivity contribution in [3.8, 4) is 0 Å². The first-order valence-corrected chi connectivity index (χ1v) is 6.01. The molecule has 0 heterocycles. The fourth-order valence-electron chi connectivity index (χ4n) is 1.69. The van der Waals surface area contributed by atoms with Gasteiger partial charge in [0.1, 0.15) is 0 Å². The number of halogens is 1. The van der Waals surface area contributed by atoms with E-state index >= 15 is 0 Å². The second-order valence-electron chi connectivity index (χ2n) is 4.15. The van der Waals surface area contributed by atoms with Crippen LogP contribution in [0.3, 0.4) is 0 Å². The molecule has 3 heteroatoms. The summed E-state index contributed by atoms with van der Waals surface area (Å²) in [7, 11) is 2.11. The molecule has 1 aromatic carbocycles. The number of benzene rings is 1. The van der Waals surface area contributed by atoms with Crippen LogP contribution >= 0.6 is 15.9 Å². The highest BCUT2D eigenvalue weighted by Crippen LogP contribution is 2.23. The lowest BCUT2D eigenvalue weighted by Crippen LogP contribution is -2.28. The van der Waals surface area contributed by atoms with E-state index in [0.717, 1.165) is 17.6 Å². The molecule has 0 aromatic heterocycles. The molecule has 2 nitrogen and oxygen atoms in total. The minimum atomic E-state index is 0.526. The Morgan fingerprint density at radius 1 is 1.47 bits per heavy atom. The van der Waals surface area contributed by atoms with Crippen molar-refractivity contribution >= 4 is 21.6 Å². The van der Waals surface area contributed by atoms with Crippen molar-refractivity contribution in [3.63, 3.8) is 0 Å². The van der Waals surface area contributed by atoms with Crippen LogP contribution in [0.2, 0.25) is 0 Å². The average molecular weight is 271 g/mol. The highest BCUT2D eigenvalue weighted by atomic mass is 79.9. The Balaban J connectivity index is 2.77. The number of rotatable bonds is 4. The van der Waals surface area contributed by atoms with E-state index < -0.39 is 0 Å². The van der Waals surface area contributed by atoms with Crippen LogP contribution in [0.15, 0.2) is 22.7 Å². The highest BCUT2D eigenvalue weighted by molar-refractivity contribution is 9.10. The highest BCUT2D eigenvalue weighted by Gasteiger charge is 2.08. The summed E-state index contributed by atoms with van der Waals surface area (Å²) in [6.07, 6.45) is 0. The summed E-state index contributed by atoms with van der Waals surface area (Å²) < 4.78 is 1.13. The topological polar surface area (TPSA) is 29.3 Å². The largest absolute Gasteiger partial charge is 0.374 e. The van der Waals surface area contributed by atoms with Gasteiger partial charge in [-0.1, -0.05) is 22.9 Å². The van der Waals surface area contributed by atoms with Gasteiger partial charge in [0.25, 0.3) is 0 Å². The van der Waals surface area contributed by atoms with E-state index in [2.05, 4.69) is 59.9 Å². The maximum absolute atomic E-state index is 5.63. The van der Waals surface area contributed by atoms with E-state index in [0.29, 0.717) is 5.92 Å². The molecule has 84 valence electrons. The summed E-state index contributed by atoms with van der Waals surface area (Å²) in [5.74, 6) is 0.526. The minimum Gasteiger partial charge on any atom is -0.374 e. The monoisotopic (exact) mass is 270 g/mol. The van der Waals surface area contributed by atoms with Crippen LogP contribution < -0.4 is 10.6 Å². The van der Waals surface area contributed by atoms with Crippen molar-refractivity contribution in [2.75, 3.05) is 25.0 Å². The van der Waals surface area contributed by atoms with Gasteiger partial charge in [0.05, 0.1) is 0 Å². The molecular formula is C12H19BrN2. The molecule has 0 saturated heterocycles. The first kappa shape index (κ1) is 12.5. The molecule has 0 aliphatic heterocycles. The Labute approximate surface area is 101 Å². The van der Waals surface area contributed by atoms with Crippen molar-refractivity contribution in [1.82, 2.24) is 0 Å². The van der Waals surface area contributed by atoms with Gasteiger partial charge >= 0.3 is 0 Å². The van der Waals surface area contributed by atoms with Gasteiger partial charge in [0.15, 0.2) is 0 Å². The van der Waals surface area contributed by atoms with Crippen molar-refractivity contribution in [1.29, 1.82) is 0 Å². The summed E-state index contributed by atoms with van der Waals surface area (Å²) in [5, 5.41) is 0. The molecule has 0 radical (unpaired) electrons. The lowest BCUT2D eigenvalue weighted by molar-refractivity contribution is 0.589. The van der Waals surface area contributed by atoms with E-state index in [9.17, 15) is 0 Å². The third kappa shape index (κ3) is 3.50. The Morgan fingerprint density at radius 3 is 2.67 bits per heavy atom. The van der Waals surface area contributed by atoms with Crippen LogP contribution in [-0.4, -0.2) is 20.1 Å². The van der Waals surface area contributed by atoms with Crippen molar-refractivity contribution in [2.24, 2.45) is 11.7 Å². The number of nitrogens with zero attached hydrogens (tertiary/aromatic N) is 1. The number of nitrogens with two attached hydrogens (primary N) is 1. The van der Waals surface area contributed by atoms with Gasteiger partial charge in [-0.2, -0.15) is 0 Å². The van der Waals surface area contributed by atoms with Gasteiger partial charge in [-0.25, -0.2) is 0 Å². The lowest BCUT2D eigenvalue weighted by atomic mass is 10.1. The van der Waals surface area contributed by atoms with Crippen molar-refractivity contribution in [2.45, 2.75) is 13.8 Å². The van der Waals surface area contributed by atoms with E-state index in [1.807, 2.05) is 0 Å². The molecule has 1 unspecified atom stereocenters. The second-order valence-corrected chi connectivity index (χ2v) is 5.07. The van der Waals surface area contributed by atoms with Crippen LogP contribution in [0.25, 0.3) is 0 Å². The molecule has 0 spiro atoms. The maximum Gasteiger partial charge on any atom is 0.0394 e. The van der Waals surface area contributed by atoms with Crippen molar-refractivity contribution in [3.05, 3.63) is 28.2 Å². The smallest absolute Gasteiger partial charge is 0.0394 e. The molecule has 1 atom stereocenters. The quantitative estimate of drug-likeness (QED) is 0.912. The minimum absolute atomic E-state index is 0.526. The van der Waals surface area contributed by atoms with Crippen LogP contribution in [0.1, 0.15) is 12.5 Å². The van der Waals surface area contributed by atoms with E-state index in [-0.39, 0.29) is 0 Å². The van der Waals surface area contributed by atoms with Gasteiger partial charge in [-0.3, -0.25) is 0 Å². The second kappa shape index (κ2) is 5.52. The van der Waals surface area contributed by atoms with Gasteiger partial charge < -0.3 is 10.6 Å². The Hall–Kier alpha value is -0.540. The van der Waals surface area contributed by atoms with Gasteiger partial charge in [-0.05, 0) is 43.1 Å². The zero-order valence-electron chi connectivity index (χ0n) is 9.63. The summed E-state index contributed by atoms with van der Waals surface area (Å²) in [4.78, 5) is 2.26. The predicted molar refractivity (Wildman–Crippen MR) is 70.4 cm³/mol.